The molecule has 6 heteroatoms. The molecule has 0 N–H and O–H groups in total. The molecule has 5 rings (SSSR count). The largest absolute Gasteiger partial charge is 0.463 e. The highest BCUT2D eigenvalue weighted by molar-refractivity contribution is 7.41. The molecule has 0 bridgehead atoms. The molecule has 1 aliphatic carbocycles. The van der Waals surface area contributed by atoms with Crippen molar-refractivity contribution in [2.24, 2.45) is 0 Å². The van der Waals surface area contributed by atoms with Crippen LogP contribution in [-0.4, -0.2) is 22.7 Å². The van der Waals surface area contributed by atoms with Gasteiger partial charge in [-0.2, -0.15) is 0 Å². The summed E-state index contributed by atoms with van der Waals surface area (Å²) in [6, 6.07) is 1.60. The lowest BCUT2D eigenvalue weighted by molar-refractivity contribution is -0.127. The smallest absolute Gasteiger partial charge is 0.293 e. The molecule has 3 heterocycles. The molecular weight excluding hydrogens is 362 g/mol. The highest BCUT2D eigenvalue weighted by Crippen LogP contribution is 2.50. The summed E-state index contributed by atoms with van der Waals surface area (Å²) in [5.41, 5.74) is 8.56. The van der Waals surface area contributed by atoms with Gasteiger partial charge in [0, 0.05) is 37.6 Å². The minimum absolute atomic E-state index is 0.156. The number of fused-ring (bicyclic) bond motifs is 4. The molecule has 1 atom stereocenters. The Morgan fingerprint density at radius 3 is 2.93 bits per heavy atom. The van der Waals surface area contributed by atoms with E-state index in [-0.39, 0.29) is 5.82 Å². The van der Waals surface area contributed by atoms with Gasteiger partial charge >= 0.3 is 0 Å². The van der Waals surface area contributed by atoms with Crippen LogP contribution in [-0.2, 0) is 28.9 Å². The van der Waals surface area contributed by atoms with Crippen LogP contribution in [0.4, 0.5) is 4.39 Å². The third-order valence-corrected chi connectivity index (χ3v) is 7.39. The topological polar surface area (TPSA) is 42.4 Å². The molecule has 3 aliphatic rings. The van der Waals surface area contributed by atoms with Crippen LogP contribution >= 0.6 is 8.73 Å². The Morgan fingerprint density at radius 2 is 2.11 bits per heavy atom. The maximum atomic E-state index is 14.5. The molecule has 0 amide bonds. The van der Waals surface area contributed by atoms with Crippen molar-refractivity contribution < 1.29 is 13.9 Å². The Bertz CT molecular complexity index is 1070. The summed E-state index contributed by atoms with van der Waals surface area (Å²) in [6.07, 6.45) is 5.14. The molecule has 1 unspecified atom stereocenters. The summed E-state index contributed by atoms with van der Waals surface area (Å²) in [7, 11) is 0.443. The van der Waals surface area contributed by atoms with Crippen molar-refractivity contribution in [1.29, 1.82) is 0 Å². The van der Waals surface area contributed by atoms with E-state index in [0.29, 0.717) is 21.8 Å². The van der Waals surface area contributed by atoms with E-state index in [1.807, 2.05) is 13.8 Å². The number of hydrogen-bond donors (Lipinski definition) is 0. The minimum atomic E-state index is -0.156. The minimum Gasteiger partial charge on any atom is -0.463 e. The highest BCUT2D eigenvalue weighted by atomic mass is 31.1. The van der Waals surface area contributed by atoms with E-state index in [2.05, 4.69) is 10.7 Å². The Labute approximate surface area is 158 Å². The first kappa shape index (κ1) is 16.9. The van der Waals surface area contributed by atoms with Crippen molar-refractivity contribution in [3.8, 4) is 0 Å². The van der Waals surface area contributed by atoms with Crippen LogP contribution in [0.25, 0.3) is 16.6 Å². The number of rotatable bonds is 3. The highest BCUT2D eigenvalue weighted by Gasteiger charge is 2.33. The normalized spacial score (nSPS) is 18.6. The summed E-state index contributed by atoms with van der Waals surface area (Å²) in [5, 5.41) is 2.32. The number of hydrogen-bond acceptors (Lipinski definition) is 4. The number of aryl methyl sites for hydroxylation is 2. The van der Waals surface area contributed by atoms with Crippen LogP contribution in [0.3, 0.4) is 0 Å². The molecule has 1 aromatic heterocycles. The summed E-state index contributed by atoms with van der Waals surface area (Å²) in [6.45, 7) is 5.59. The Balaban J connectivity index is 1.70. The SMILES string of the molecule is CC1=C(COC=O)PN2Cc3c(nc4cc(F)c(C)c5c4c3CCC5)C2=C1. The molecule has 2 aromatic rings. The van der Waals surface area contributed by atoms with Crippen LogP contribution in [0.15, 0.2) is 23.0 Å². The number of aromatic nitrogens is 1. The van der Waals surface area contributed by atoms with Gasteiger partial charge in [0.15, 0.2) is 0 Å². The molecule has 4 nitrogen and oxygen atoms in total. The molecule has 0 radical (unpaired) electrons. The number of pyridine rings is 1. The van der Waals surface area contributed by atoms with Gasteiger partial charge in [-0.15, -0.1) is 0 Å². The molecule has 0 spiro atoms. The predicted molar refractivity (Wildman–Crippen MR) is 105 cm³/mol. The van der Waals surface area contributed by atoms with Crippen LogP contribution < -0.4 is 0 Å². The fourth-order valence-electron chi connectivity index (χ4n) is 4.53. The average molecular weight is 382 g/mol. The van der Waals surface area contributed by atoms with E-state index >= 15 is 0 Å². The van der Waals surface area contributed by atoms with Crippen LogP contribution in [0, 0.1) is 12.7 Å². The van der Waals surface area contributed by atoms with Crippen molar-refractivity contribution >= 4 is 31.8 Å². The summed E-state index contributed by atoms with van der Waals surface area (Å²) in [5.74, 6) is -0.156. The van der Waals surface area contributed by atoms with Gasteiger partial charge in [0.1, 0.15) is 12.4 Å². The van der Waals surface area contributed by atoms with Crippen LogP contribution in [0.2, 0.25) is 0 Å². The van der Waals surface area contributed by atoms with Gasteiger partial charge in [0.05, 0.1) is 16.9 Å². The van der Waals surface area contributed by atoms with Gasteiger partial charge in [0.25, 0.3) is 6.47 Å². The van der Waals surface area contributed by atoms with Crippen molar-refractivity contribution in [3.05, 3.63) is 56.8 Å². The van der Waals surface area contributed by atoms with E-state index in [0.717, 1.165) is 64.7 Å². The molecule has 138 valence electrons. The first-order valence-corrected chi connectivity index (χ1v) is 10.2. The fraction of sp³-hybridized carbons (Fsp3) is 0.333. The van der Waals surface area contributed by atoms with Crippen molar-refractivity contribution in [1.82, 2.24) is 9.65 Å². The molecule has 0 saturated heterocycles. The summed E-state index contributed by atoms with van der Waals surface area (Å²) < 4.78 is 21.8. The lowest BCUT2D eigenvalue weighted by atomic mass is 9.85. The Kier molecular flexibility index (Phi) is 3.83. The number of carbonyl (C=O) groups is 1. The van der Waals surface area contributed by atoms with Gasteiger partial charge in [-0.3, -0.25) is 4.79 Å². The van der Waals surface area contributed by atoms with E-state index in [4.69, 9.17) is 9.72 Å². The maximum Gasteiger partial charge on any atom is 0.293 e. The molecule has 1 aromatic carbocycles. The second-order valence-electron chi connectivity index (χ2n) is 7.42. The Hall–Kier alpha value is -2.26. The molecule has 27 heavy (non-hydrogen) atoms. The van der Waals surface area contributed by atoms with Gasteiger partial charge < -0.3 is 9.41 Å². The summed E-state index contributed by atoms with van der Waals surface area (Å²) in [4.78, 5) is 15.5. The third-order valence-electron chi connectivity index (χ3n) is 5.91. The first-order chi connectivity index (χ1) is 13.1. The zero-order valence-corrected chi connectivity index (χ0v) is 16.4. The van der Waals surface area contributed by atoms with Gasteiger partial charge in [0.2, 0.25) is 0 Å². The van der Waals surface area contributed by atoms with Crippen molar-refractivity contribution in [3.63, 3.8) is 0 Å². The Morgan fingerprint density at radius 1 is 1.30 bits per heavy atom. The molecule has 0 fully saturated rings. The van der Waals surface area contributed by atoms with E-state index < -0.39 is 0 Å². The quantitative estimate of drug-likeness (QED) is 0.584. The predicted octanol–water partition coefficient (Wildman–Crippen LogP) is 4.38. The lowest BCUT2D eigenvalue weighted by Crippen LogP contribution is -2.11. The van der Waals surface area contributed by atoms with Crippen molar-refractivity contribution in [2.45, 2.75) is 39.7 Å². The number of carbonyl (C=O) groups excluding carboxylic acids is 1. The second-order valence-corrected chi connectivity index (χ2v) is 8.79. The zero-order valence-electron chi connectivity index (χ0n) is 15.4. The van der Waals surface area contributed by atoms with E-state index in [1.165, 1.54) is 16.5 Å². The number of halogens is 1. The second kappa shape index (κ2) is 6.13. The average Bonchev–Trinajstić information content (AvgIpc) is 3.01. The molecule has 2 aliphatic heterocycles. The van der Waals surface area contributed by atoms with Gasteiger partial charge in [-0.05, 0) is 61.4 Å². The number of allylic oxidation sites excluding steroid dienone is 2. The standard InChI is InChI=1S/C21H20FN2O2P/c1-11-6-18-21-15(8-24(18)27-19(11)9-26-10-25)14-5-3-4-13-12(2)16(22)7-17(23-21)20(13)14/h6-7,10,27H,3-5,8-9H2,1-2H3. The monoisotopic (exact) mass is 382 g/mol. The van der Waals surface area contributed by atoms with Crippen LogP contribution in [0.1, 0.15) is 41.3 Å². The number of nitrogens with zero attached hydrogens (tertiary/aromatic N) is 2. The molecular formula is C21H20FN2O2P. The van der Waals surface area contributed by atoms with Gasteiger partial charge in [-0.1, -0.05) is 0 Å². The first-order valence-electron chi connectivity index (χ1n) is 9.23. The van der Waals surface area contributed by atoms with E-state index in [9.17, 15) is 9.18 Å². The zero-order chi connectivity index (χ0) is 18.7. The lowest BCUT2D eigenvalue weighted by Gasteiger charge is -2.26. The third kappa shape index (κ3) is 2.45. The number of ether oxygens (including phenoxy) is 1. The summed E-state index contributed by atoms with van der Waals surface area (Å²) >= 11 is 0. The fourth-order valence-corrected chi connectivity index (χ4v) is 5.78. The molecule has 0 saturated carbocycles. The van der Waals surface area contributed by atoms with E-state index in [1.54, 1.807) is 6.07 Å². The van der Waals surface area contributed by atoms with Gasteiger partial charge in [-0.25, -0.2) is 9.37 Å². The van der Waals surface area contributed by atoms with Crippen LogP contribution in [0.5, 0.6) is 0 Å². The van der Waals surface area contributed by atoms with Crippen molar-refractivity contribution in [2.75, 3.05) is 6.61 Å². The number of benzene rings is 1. The maximum absolute atomic E-state index is 14.5.